The maximum absolute atomic E-state index is 13.4. The molecule has 2 N–H and O–H groups in total. The van der Waals surface area contributed by atoms with E-state index in [1.165, 1.54) is 6.07 Å². The van der Waals surface area contributed by atoms with Crippen molar-refractivity contribution in [1.82, 2.24) is 5.32 Å². The van der Waals surface area contributed by atoms with E-state index in [1.54, 1.807) is 18.2 Å². The van der Waals surface area contributed by atoms with Crippen LogP contribution in [0.15, 0.2) is 24.3 Å². The van der Waals surface area contributed by atoms with Gasteiger partial charge >= 0.3 is 0 Å². The van der Waals surface area contributed by atoms with Gasteiger partial charge in [0.15, 0.2) is 0 Å². The van der Waals surface area contributed by atoms with Crippen molar-refractivity contribution in [2.45, 2.75) is 38.0 Å². The molecule has 1 fully saturated rings. The highest BCUT2D eigenvalue weighted by Crippen LogP contribution is 2.32. The van der Waals surface area contributed by atoms with E-state index in [4.69, 9.17) is 0 Å². The number of aliphatic hydroxyl groups is 1. The minimum Gasteiger partial charge on any atom is -0.387 e. The third-order valence-corrected chi connectivity index (χ3v) is 2.91. The van der Waals surface area contributed by atoms with Crippen LogP contribution in [0.3, 0.4) is 0 Å². The third-order valence-electron chi connectivity index (χ3n) is 2.91. The van der Waals surface area contributed by atoms with Crippen molar-refractivity contribution in [3.05, 3.63) is 35.6 Å². The quantitative estimate of drug-likeness (QED) is 0.839. The Morgan fingerprint density at radius 2 is 2.00 bits per heavy atom. The molecule has 1 aliphatic heterocycles. The lowest BCUT2D eigenvalue weighted by Crippen LogP contribution is -2.62. The van der Waals surface area contributed by atoms with Gasteiger partial charge < -0.3 is 10.4 Å². The topological polar surface area (TPSA) is 32.3 Å². The molecule has 0 unspecified atom stereocenters. The normalized spacial score (nSPS) is 24.1. The first kappa shape index (κ1) is 13.4. The number of benzene rings is 1. The maximum atomic E-state index is 13.4. The molecule has 1 aliphatic rings. The van der Waals surface area contributed by atoms with Crippen LogP contribution in [0.1, 0.15) is 31.9 Å². The molecule has 4 heteroatoms. The van der Waals surface area contributed by atoms with Gasteiger partial charge in [-0.25, -0.2) is 4.39 Å². The number of halogens is 2. The van der Waals surface area contributed by atoms with Crippen LogP contribution >= 0.6 is 12.4 Å². The van der Waals surface area contributed by atoms with Gasteiger partial charge in [0.2, 0.25) is 0 Å². The van der Waals surface area contributed by atoms with E-state index < -0.39 is 6.10 Å². The lowest BCUT2D eigenvalue weighted by atomic mass is 9.80. The molecule has 0 saturated carbocycles. The highest BCUT2D eigenvalue weighted by Gasteiger charge is 2.40. The summed E-state index contributed by atoms with van der Waals surface area (Å²) in [6.07, 6.45) is 0.113. The van der Waals surface area contributed by atoms with Crippen molar-refractivity contribution in [3.63, 3.8) is 0 Å². The molecule has 2 atom stereocenters. The fourth-order valence-electron chi connectivity index (χ4n) is 2.15. The fourth-order valence-corrected chi connectivity index (χ4v) is 2.15. The molecule has 1 heterocycles. The van der Waals surface area contributed by atoms with E-state index in [0.29, 0.717) is 5.56 Å². The van der Waals surface area contributed by atoms with Crippen LogP contribution in [0.5, 0.6) is 0 Å². The molecule has 0 spiro atoms. The van der Waals surface area contributed by atoms with Gasteiger partial charge in [-0.1, -0.05) is 18.2 Å². The molecule has 0 aliphatic carbocycles. The van der Waals surface area contributed by atoms with Gasteiger partial charge in [0.1, 0.15) is 5.82 Å². The lowest BCUT2D eigenvalue weighted by molar-refractivity contribution is 0.0369. The van der Waals surface area contributed by atoms with Crippen LogP contribution in [-0.4, -0.2) is 16.7 Å². The van der Waals surface area contributed by atoms with Crippen molar-refractivity contribution >= 4 is 12.4 Å². The second-order valence-corrected chi connectivity index (χ2v) is 4.81. The largest absolute Gasteiger partial charge is 0.387 e. The number of nitrogens with one attached hydrogen (secondary N) is 1. The van der Waals surface area contributed by atoms with Gasteiger partial charge in [-0.05, 0) is 26.3 Å². The van der Waals surface area contributed by atoms with Crippen LogP contribution < -0.4 is 5.32 Å². The van der Waals surface area contributed by atoms with E-state index in [0.717, 1.165) is 6.42 Å². The summed E-state index contributed by atoms with van der Waals surface area (Å²) in [6, 6.07) is 6.35. The Morgan fingerprint density at radius 1 is 1.44 bits per heavy atom. The highest BCUT2D eigenvalue weighted by atomic mass is 35.5. The third kappa shape index (κ3) is 2.54. The highest BCUT2D eigenvalue weighted by molar-refractivity contribution is 5.85. The maximum Gasteiger partial charge on any atom is 0.129 e. The predicted octanol–water partition coefficient (Wildman–Crippen LogP) is 2.42. The van der Waals surface area contributed by atoms with Gasteiger partial charge in [0.05, 0.1) is 6.10 Å². The Balaban J connectivity index is 0.00000128. The van der Waals surface area contributed by atoms with E-state index in [1.807, 2.05) is 0 Å². The molecule has 1 aromatic rings. The molecule has 0 radical (unpaired) electrons. The smallest absolute Gasteiger partial charge is 0.129 e. The first-order chi connectivity index (χ1) is 6.99. The molecule has 0 bridgehead atoms. The number of rotatable bonds is 2. The summed E-state index contributed by atoms with van der Waals surface area (Å²) in [4.78, 5) is 0. The molecular weight excluding hydrogens is 229 g/mol. The second kappa shape index (κ2) is 4.70. The van der Waals surface area contributed by atoms with Gasteiger partial charge in [-0.2, -0.15) is 0 Å². The van der Waals surface area contributed by atoms with Gasteiger partial charge in [0.25, 0.3) is 0 Å². The average molecular weight is 246 g/mol. The van der Waals surface area contributed by atoms with Gasteiger partial charge in [-0.3, -0.25) is 0 Å². The average Bonchev–Trinajstić information content (AvgIpc) is 2.14. The molecular formula is C12H17ClFNO. The monoisotopic (exact) mass is 245 g/mol. The summed E-state index contributed by atoms with van der Waals surface area (Å²) in [6.45, 7) is 4.13. The minimum atomic E-state index is -0.751. The molecule has 1 aromatic carbocycles. The zero-order chi connectivity index (χ0) is 11.1. The Hall–Kier alpha value is -0.640. The number of hydrogen-bond donors (Lipinski definition) is 2. The minimum absolute atomic E-state index is 0. The molecule has 16 heavy (non-hydrogen) atoms. The lowest BCUT2D eigenvalue weighted by Gasteiger charge is -2.46. The summed E-state index contributed by atoms with van der Waals surface area (Å²) in [5.41, 5.74) is 0.446. The second-order valence-electron chi connectivity index (χ2n) is 4.81. The summed E-state index contributed by atoms with van der Waals surface area (Å²) in [7, 11) is 0. The van der Waals surface area contributed by atoms with E-state index >= 15 is 0 Å². The first-order valence-corrected chi connectivity index (χ1v) is 5.20. The Labute approximate surface area is 101 Å². The van der Waals surface area contributed by atoms with Crippen molar-refractivity contribution in [1.29, 1.82) is 0 Å². The fraction of sp³-hybridized carbons (Fsp3) is 0.500. The number of aliphatic hydroxyl groups excluding tert-OH is 1. The summed E-state index contributed by atoms with van der Waals surface area (Å²) >= 11 is 0. The Morgan fingerprint density at radius 3 is 2.50 bits per heavy atom. The zero-order valence-electron chi connectivity index (χ0n) is 9.40. The molecule has 90 valence electrons. The molecule has 2 nitrogen and oxygen atoms in total. The van der Waals surface area contributed by atoms with Crippen molar-refractivity contribution in [3.8, 4) is 0 Å². The Bertz CT molecular complexity index is 362. The van der Waals surface area contributed by atoms with Crippen molar-refractivity contribution in [2.24, 2.45) is 0 Å². The summed E-state index contributed by atoms with van der Waals surface area (Å²) in [5, 5.41) is 13.2. The Kier molecular flexibility index (Phi) is 3.94. The zero-order valence-corrected chi connectivity index (χ0v) is 10.2. The van der Waals surface area contributed by atoms with Crippen molar-refractivity contribution in [2.75, 3.05) is 0 Å². The van der Waals surface area contributed by atoms with E-state index in [-0.39, 0.29) is 29.8 Å². The van der Waals surface area contributed by atoms with E-state index in [9.17, 15) is 9.50 Å². The van der Waals surface area contributed by atoms with Crippen LogP contribution in [-0.2, 0) is 0 Å². The van der Waals surface area contributed by atoms with Gasteiger partial charge in [-0.15, -0.1) is 12.4 Å². The van der Waals surface area contributed by atoms with Gasteiger partial charge in [0, 0.05) is 17.1 Å². The standard InChI is InChI=1S/C12H16FNO.ClH/c1-12(2)7-10(14-12)11(15)8-5-3-4-6-9(8)13;/h3-6,10-11,14-15H,7H2,1-2H3;1H/t10-,11-;/m1./s1. The first-order valence-electron chi connectivity index (χ1n) is 5.20. The molecule has 1 saturated heterocycles. The summed E-state index contributed by atoms with van der Waals surface area (Å²) in [5.74, 6) is -0.337. The predicted molar refractivity (Wildman–Crippen MR) is 64.2 cm³/mol. The van der Waals surface area contributed by atoms with Crippen LogP contribution in [0, 0.1) is 5.82 Å². The number of hydrogen-bond acceptors (Lipinski definition) is 2. The van der Waals surface area contributed by atoms with Crippen molar-refractivity contribution < 1.29 is 9.50 Å². The van der Waals surface area contributed by atoms with Crippen LogP contribution in [0.4, 0.5) is 4.39 Å². The van der Waals surface area contributed by atoms with Crippen LogP contribution in [0.25, 0.3) is 0 Å². The van der Waals surface area contributed by atoms with Crippen LogP contribution in [0.2, 0.25) is 0 Å². The van der Waals surface area contributed by atoms with E-state index in [2.05, 4.69) is 19.2 Å². The SMILES string of the molecule is CC1(C)C[C@H]([C@H](O)c2ccccc2F)N1.Cl. The molecule has 2 rings (SSSR count). The molecule has 0 amide bonds. The summed E-state index contributed by atoms with van der Waals surface area (Å²) < 4.78 is 13.4. The molecule has 0 aromatic heterocycles.